The van der Waals surface area contributed by atoms with Crippen molar-refractivity contribution in [2.45, 2.75) is 24.1 Å². The highest BCUT2D eigenvalue weighted by Gasteiger charge is 2.11. The third-order valence-corrected chi connectivity index (χ3v) is 5.72. The Morgan fingerprint density at radius 1 is 0.960 bits per heavy atom. The van der Waals surface area contributed by atoms with Crippen molar-refractivity contribution in [2.24, 2.45) is 0 Å². The summed E-state index contributed by atoms with van der Waals surface area (Å²) in [5.41, 5.74) is 2.92. The fourth-order valence-electron chi connectivity index (χ4n) is 2.35. The average molecular weight is 414 g/mol. The van der Waals surface area contributed by atoms with Crippen molar-refractivity contribution in [1.82, 2.24) is 9.55 Å². The molecule has 1 heterocycles. The second kappa shape index (κ2) is 8.47. The molecule has 0 amide bonds. The molecule has 25 heavy (non-hydrogen) atoms. The molecule has 0 aliphatic carbocycles. The largest absolute Gasteiger partial charge is 0.390 e. The number of benzene rings is 2. The predicted octanol–water partition coefficient (Wildman–Crippen LogP) is 5.68. The number of aliphatic hydroxyl groups is 1. The number of thioether (sulfide) groups is 1. The first-order valence-corrected chi connectivity index (χ1v) is 9.65. The van der Waals surface area contributed by atoms with E-state index in [2.05, 4.69) is 4.98 Å². The van der Waals surface area contributed by atoms with E-state index in [4.69, 9.17) is 34.8 Å². The smallest absolute Gasteiger partial charge is 0.168 e. The second-order valence-corrected chi connectivity index (χ2v) is 7.63. The van der Waals surface area contributed by atoms with Crippen molar-refractivity contribution < 1.29 is 5.11 Å². The van der Waals surface area contributed by atoms with E-state index in [1.165, 1.54) is 0 Å². The summed E-state index contributed by atoms with van der Waals surface area (Å²) >= 11 is 19.5. The van der Waals surface area contributed by atoms with Crippen LogP contribution in [0.4, 0.5) is 0 Å². The molecule has 2 aromatic carbocycles. The van der Waals surface area contributed by atoms with Crippen LogP contribution in [0.25, 0.3) is 0 Å². The van der Waals surface area contributed by atoms with Gasteiger partial charge in [-0.3, -0.25) is 0 Å². The highest BCUT2D eigenvalue weighted by atomic mass is 35.5. The van der Waals surface area contributed by atoms with Crippen LogP contribution in [0.15, 0.2) is 53.8 Å². The fraction of sp³-hybridized carbons (Fsp3) is 0.167. The van der Waals surface area contributed by atoms with E-state index in [1.54, 1.807) is 24.0 Å². The summed E-state index contributed by atoms with van der Waals surface area (Å²) in [7, 11) is 0. The zero-order valence-corrected chi connectivity index (χ0v) is 16.2. The van der Waals surface area contributed by atoms with Gasteiger partial charge in [0.2, 0.25) is 0 Å². The van der Waals surface area contributed by atoms with Gasteiger partial charge in [-0.1, -0.05) is 64.8 Å². The van der Waals surface area contributed by atoms with Crippen LogP contribution in [0.2, 0.25) is 15.1 Å². The van der Waals surface area contributed by atoms with E-state index in [9.17, 15) is 5.11 Å². The molecule has 0 atom stereocenters. The second-order valence-electron chi connectivity index (χ2n) is 5.44. The minimum atomic E-state index is -0.0616. The standard InChI is InChI=1S/C18H15Cl3N2OS/c19-14-4-1-12(2-5-14)9-23-15(10-24)8-22-18(23)25-11-13-3-6-16(20)17(21)7-13/h1-8,24H,9-11H2. The molecule has 0 saturated heterocycles. The molecule has 3 rings (SSSR count). The zero-order valence-electron chi connectivity index (χ0n) is 13.1. The maximum absolute atomic E-state index is 9.58. The van der Waals surface area contributed by atoms with Crippen LogP contribution in [0.1, 0.15) is 16.8 Å². The first-order valence-electron chi connectivity index (χ1n) is 7.53. The Labute approximate surface area is 165 Å². The molecular weight excluding hydrogens is 399 g/mol. The molecule has 1 aromatic heterocycles. The Morgan fingerprint density at radius 2 is 1.68 bits per heavy atom. The maximum Gasteiger partial charge on any atom is 0.168 e. The van der Waals surface area contributed by atoms with Gasteiger partial charge in [0.1, 0.15) is 0 Å². The Balaban J connectivity index is 1.78. The summed E-state index contributed by atoms with van der Waals surface area (Å²) in [6.07, 6.45) is 1.70. The van der Waals surface area contributed by atoms with E-state index in [-0.39, 0.29) is 6.61 Å². The third-order valence-electron chi connectivity index (χ3n) is 3.67. The monoisotopic (exact) mass is 412 g/mol. The van der Waals surface area contributed by atoms with Crippen LogP contribution in [-0.2, 0) is 18.9 Å². The summed E-state index contributed by atoms with van der Waals surface area (Å²) in [6, 6.07) is 13.2. The normalized spacial score (nSPS) is 11.0. The summed E-state index contributed by atoms with van der Waals surface area (Å²) in [5, 5.41) is 12.2. The van der Waals surface area contributed by atoms with Gasteiger partial charge in [0.05, 0.1) is 28.5 Å². The van der Waals surface area contributed by atoms with Gasteiger partial charge in [-0.15, -0.1) is 0 Å². The molecule has 0 aliphatic rings. The quantitative estimate of drug-likeness (QED) is 0.529. The number of nitrogens with zero attached hydrogens (tertiary/aromatic N) is 2. The molecule has 0 fully saturated rings. The average Bonchev–Trinajstić information content (AvgIpc) is 3.00. The first-order chi connectivity index (χ1) is 12.1. The van der Waals surface area contributed by atoms with Crippen molar-refractivity contribution in [3.63, 3.8) is 0 Å². The van der Waals surface area contributed by atoms with Crippen LogP contribution in [-0.4, -0.2) is 14.7 Å². The number of rotatable bonds is 6. The summed E-state index contributed by atoms with van der Waals surface area (Å²) in [4.78, 5) is 4.44. The van der Waals surface area contributed by atoms with Crippen LogP contribution in [0.5, 0.6) is 0 Å². The van der Waals surface area contributed by atoms with Crippen LogP contribution >= 0.6 is 46.6 Å². The summed E-state index contributed by atoms with van der Waals surface area (Å²) < 4.78 is 2.01. The van der Waals surface area contributed by atoms with Gasteiger partial charge >= 0.3 is 0 Å². The molecule has 130 valence electrons. The van der Waals surface area contributed by atoms with Crippen LogP contribution in [0, 0.1) is 0 Å². The van der Waals surface area contributed by atoms with E-state index in [0.717, 1.165) is 22.0 Å². The minimum Gasteiger partial charge on any atom is -0.390 e. The Bertz CT molecular complexity index is 865. The Hall–Kier alpha value is -1.17. The van der Waals surface area contributed by atoms with Crippen LogP contribution in [0.3, 0.4) is 0 Å². The third kappa shape index (κ3) is 4.72. The van der Waals surface area contributed by atoms with Gasteiger partial charge in [0.15, 0.2) is 5.16 Å². The lowest BCUT2D eigenvalue weighted by atomic mass is 10.2. The van der Waals surface area contributed by atoms with E-state index in [0.29, 0.717) is 27.4 Å². The zero-order chi connectivity index (χ0) is 17.8. The lowest BCUT2D eigenvalue weighted by Crippen LogP contribution is -2.06. The molecule has 0 radical (unpaired) electrons. The SMILES string of the molecule is OCc1cnc(SCc2ccc(Cl)c(Cl)c2)n1Cc1ccc(Cl)cc1. The van der Waals surface area contributed by atoms with Gasteiger partial charge < -0.3 is 9.67 Å². The van der Waals surface area contributed by atoms with Gasteiger partial charge in [0, 0.05) is 17.3 Å². The van der Waals surface area contributed by atoms with Crippen molar-refractivity contribution in [3.8, 4) is 0 Å². The lowest BCUT2D eigenvalue weighted by molar-refractivity contribution is 0.270. The highest BCUT2D eigenvalue weighted by Crippen LogP contribution is 2.28. The van der Waals surface area contributed by atoms with Crippen molar-refractivity contribution in [3.05, 3.63) is 80.6 Å². The molecule has 1 N–H and O–H groups in total. The Morgan fingerprint density at radius 3 is 2.36 bits per heavy atom. The highest BCUT2D eigenvalue weighted by molar-refractivity contribution is 7.98. The van der Waals surface area contributed by atoms with Gasteiger partial charge in [0.25, 0.3) is 0 Å². The van der Waals surface area contributed by atoms with Gasteiger partial charge in [-0.05, 0) is 35.4 Å². The van der Waals surface area contributed by atoms with Gasteiger partial charge in [-0.2, -0.15) is 0 Å². The van der Waals surface area contributed by atoms with E-state index in [1.807, 2.05) is 41.0 Å². The molecule has 0 spiro atoms. The van der Waals surface area contributed by atoms with Crippen LogP contribution < -0.4 is 0 Å². The maximum atomic E-state index is 9.58. The molecule has 0 bridgehead atoms. The minimum absolute atomic E-state index is 0.0616. The van der Waals surface area contributed by atoms with E-state index >= 15 is 0 Å². The number of hydrogen-bond donors (Lipinski definition) is 1. The molecule has 0 aliphatic heterocycles. The number of hydrogen-bond acceptors (Lipinski definition) is 3. The molecule has 0 saturated carbocycles. The van der Waals surface area contributed by atoms with Crippen molar-refractivity contribution in [2.75, 3.05) is 0 Å². The van der Waals surface area contributed by atoms with Crippen molar-refractivity contribution in [1.29, 1.82) is 0 Å². The van der Waals surface area contributed by atoms with E-state index < -0.39 is 0 Å². The summed E-state index contributed by atoms with van der Waals surface area (Å²) in [5.74, 6) is 0.708. The first kappa shape index (κ1) is 18.6. The molecule has 3 aromatic rings. The topological polar surface area (TPSA) is 38.1 Å². The predicted molar refractivity (Wildman–Crippen MR) is 105 cm³/mol. The molecule has 7 heteroatoms. The van der Waals surface area contributed by atoms with Gasteiger partial charge in [-0.25, -0.2) is 4.98 Å². The van der Waals surface area contributed by atoms with Crippen molar-refractivity contribution >= 4 is 46.6 Å². The lowest BCUT2D eigenvalue weighted by Gasteiger charge is -2.11. The number of aromatic nitrogens is 2. The number of imidazole rings is 1. The molecule has 3 nitrogen and oxygen atoms in total. The number of halogens is 3. The summed E-state index contributed by atoms with van der Waals surface area (Å²) in [6.45, 7) is 0.560. The number of aliphatic hydroxyl groups excluding tert-OH is 1. The Kier molecular flexibility index (Phi) is 6.31. The molecular formula is C18H15Cl3N2OS. The fourth-order valence-corrected chi connectivity index (χ4v) is 3.74. The molecule has 0 unspecified atom stereocenters.